The van der Waals surface area contributed by atoms with Gasteiger partial charge in [-0.3, -0.25) is 14.6 Å². The van der Waals surface area contributed by atoms with Gasteiger partial charge < -0.3 is 10.2 Å². The maximum atomic E-state index is 13.7. The van der Waals surface area contributed by atoms with Gasteiger partial charge in [0.1, 0.15) is 16.7 Å². The monoisotopic (exact) mass is 490 g/mol. The fourth-order valence-corrected chi connectivity index (χ4v) is 4.44. The molecule has 36 heavy (non-hydrogen) atoms. The van der Waals surface area contributed by atoms with Crippen molar-refractivity contribution in [2.24, 2.45) is 7.05 Å². The van der Waals surface area contributed by atoms with Crippen molar-refractivity contribution in [3.05, 3.63) is 60.3 Å². The smallest absolute Gasteiger partial charge is 0.286 e. The van der Waals surface area contributed by atoms with Crippen LogP contribution in [0.5, 0.6) is 0 Å². The van der Waals surface area contributed by atoms with Crippen molar-refractivity contribution in [3.63, 3.8) is 0 Å². The molecule has 4 aromatic heterocycles. The lowest BCUT2D eigenvalue weighted by Gasteiger charge is -2.28. The van der Waals surface area contributed by atoms with Gasteiger partial charge in [-0.15, -0.1) is 0 Å². The molecule has 0 aromatic carbocycles. The highest BCUT2D eigenvalue weighted by Crippen LogP contribution is 2.32. The molecule has 10 heteroatoms. The van der Waals surface area contributed by atoms with Crippen LogP contribution in [0.2, 0.25) is 0 Å². The van der Waals surface area contributed by atoms with E-state index in [1.54, 1.807) is 18.5 Å². The van der Waals surface area contributed by atoms with Gasteiger partial charge in [0.15, 0.2) is 11.6 Å². The first-order valence-electron chi connectivity index (χ1n) is 11.9. The predicted molar refractivity (Wildman–Crippen MR) is 137 cm³/mol. The van der Waals surface area contributed by atoms with E-state index in [4.69, 9.17) is 9.97 Å². The van der Waals surface area contributed by atoms with E-state index in [0.29, 0.717) is 22.8 Å². The first-order valence-corrected chi connectivity index (χ1v) is 11.9. The van der Waals surface area contributed by atoms with Gasteiger partial charge in [0.05, 0.1) is 18.1 Å². The van der Waals surface area contributed by atoms with E-state index in [1.807, 2.05) is 24.7 Å². The van der Waals surface area contributed by atoms with Gasteiger partial charge in [-0.1, -0.05) is 6.58 Å². The van der Waals surface area contributed by atoms with Crippen LogP contribution in [0, 0.1) is 6.92 Å². The summed E-state index contributed by atoms with van der Waals surface area (Å²) in [5, 5.41) is 7.59. The van der Waals surface area contributed by atoms with Gasteiger partial charge >= 0.3 is 0 Å². The van der Waals surface area contributed by atoms with Gasteiger partial charge in [-0.25, -0.2) is 9.97 Å². The second kappa shape index (κ2) is 9.25. The molecule has 0 radical (unpaired) electrons. The Kier molecular flexibility index (Phi) is 6.11. The van der Waals surface area contributed by atoms with Crippen LogP contribution in [0.4, 0.5) is 20.3 Å². The largest absolute Gasteiger partial charge is 0.355 e. The number of aromatic nitrogens is 6. The Balaban J connectivity index is 1.50. The van der Waals surface area contributed by atoms with Crippen LogP contribution < -0.4 is 10.2 Å². The number of rotatable bonds is 6. The highest BCUT2D eigenvalue weighted by atomic mass is 19.3. The summed E-state index contributed by atoms with van der Waals surface area (Å²) in [4.78, 5) is 20.4. The molecule has 186 valence electrons. The second-order valence-corrected chi connectivity index (χ2v) is 9.20. The van der Waals surface area contributed by atoms with Crippen LogP contribution in [0.25, 0.3) is 28.1 Å². The summed E-state index contributed by atoms with van der Waals surface area (Å²) in [6.45, 7) is 8.64. The molecule has 5 rings (SSSR count). The van der Waals surface area contributed by atoms with E-state index in [1.165, 1.54) is 18.7 Å². The number of hydrogen-bond acceptors (Lipinski definition) is 7. The van der Waals surface area contributed by atoms with Crippen LogP contribution >= 0.6 is 0 Å². The van der Waals surface area contributed by atoms with Crippen LogP contribution in [-0.4, -0.2) is 42.8 Å². The second-order valence-electron chi connectivity index (χ2n) is 9.20. The van der Waals surface area contributed by atoms with E-state index < -0.39 is 5.92 Å². The van der Waals surface area contributed by atoms with Crippen molar-refractivity contribution >= 4 is 28.2 Å². The first-order chi connectivity index (χ1) is 17.2. The van der Waals surface area contributed by atoms with E-state index in [0.717, 1.165) is 61.0 Å². The average molecular weight is 491 g/mol. The number of aryl methyl sites for hydroxylation is 2. The zero-order chi connectivity index (χ0) is 25.4. The first kappa shape index (κ1) is 23.8. The van der Waals surface area contributed by atoms with E-state index in [2.05, 4.69) is 31.9 Å². The third-order valence-electron chi connectivity index (χ3n) is 6.41. The lowest BCUT2D eigenvalue weighted by molar-refractivity contribution is 0.0127. The maximum Gasteiger partial charge on any atom is 0.286 e. The molecule has 1 aliphatic heterocycles. The van der Waals surface area contributed by atoms with Gasteiger partial charge in [-0.05, 0) is 44.4 Å². The zero-order valence-electron chi connectivity index (χ0n) is 20.6. The number of nitrogens with one attached hydrogen (secondary N) is 1. The number of fused-ring (bicyclic) bond motifs is 1. The quantitative estimate of drug-likeness (QED) is 0.392. The lowest BCUT2D eigenvalue weighted by atomic mass is 10.1. The minimum Gasteiger partial charge on any atom is -0.355 e. The highest BCUT2D eigenvalue weighted by molar-refractivity contribution is 5.88. The molecule has 0 amide bonds. The molecule has 0 spiro atoms. The van der Waals surface area contributed by atoms with Crippen molar-refractivity contribution in [3.8, 4) is 11.4 Å². The number of nitrogens with zero attached hydrogens (tertiary/aromatic N) is 7. The third kappa shape index (κ3) is 4.62. The summed E-state index contributed by atoms with van der Waals surface area (Å²) >= 11 is 0. The standard InChI is InChI=1S/C26H28F2N8/c1-16(18-8-9-29-22(12-18)26(3,27)28)32-19-13-20(17(2)30-14-19)24-33-21-15-31-35(4)23(21)25(34-24)36-10-6-5-7-11-36/h8-9,12-15,32H,1,5-7,10-11H2,2-4H3. The summed E-state index contributed by atoms with van der Waals surface area (Å²) in [5.74, 6) is -1.60. The molecule has 8 nitrogen and oxygen atoms in total. The van der Waals surface area contributed by atoms with Crippen LogP contribution in [0.1, 0.15) is 43.1 Å². The Hall–Kier alpha value is -3.95. The molecule has 1 saturated heterocycles. The van der Waals surface area contributed by atoms with Crippen LogP contribution in [-0.2, 0) is 13.0 Å². The fourth-order valence-electron chi connectivity index (χ4n) is 4.44. The van der Waals surface area contributed by atoms with Gasteiger partial charge in [0.25, 0.3) is 5.92 Å². The molecule has 0 saturated carbocycles. The number of halogens is 2. The van der Waals surface area contributed by atoms with Crippen molar-refractivity contribution < 1.29 is 8.78 Å². The minimum atomic E-state index is -3.04. The molecule has 1 aliphatic rings. The summed E-state index contributed by atoms with van der Waals surface area (Å²) in [7, 11) is 1.90. The van der Waals surface area contributed by atoms with Crippen molar-refractivity contribution in [2.45, 2.75) is 39.0 Å². The maximum absolute atomic E-state index is 13.7. The SMILES string of the molecule is C=C(Nc1cnc(C)c(-c2nc(N3CCCCC3)c3c(cnn3C)n2)c1)c1ccnc(C(C)(F)F)c1. The van der Waals surface area contributed by atoms with E-state index in [-0.39, 0.29) is 5.69 Å². The Morgan fingerprint density at radius 1 is 1.08 bits per heavy atom. The Bertz CT molecular complexity index is 1430. The number of piperidine rings is 1. The summed E-state index contributed by atoms with van der Waals surface area (Å²) in [5.41, 5.74) is 4.54. The fraction of sp³-hybridized carbons (Fsp3) is 0.346. The van der Waals surface area contributed by atoms with Gasteiger partial charge in [0, 0.05) is 55.8 Å². The summed E-state index contributed by atoms with van der Waals surface area (Å²) in [6.07, 6.45) is 8.26. The Labute approximate surface area is 208 Å². The predicted octanol–water partition coefficient (Wildman–Crippen LogP) is 5.31. The van der Waals surface area contributed by atoms with E-state index >= 15 is 0 Å². The van der Waals surface area contributed by atoms with Crippen LogP contribution in [0.3, 0.4) is 0 Å². The van der Waals surface area contributed by atoms with Crippen LogP contribution in [0.15, 0.2) is 43.4 Å². The number of alkyl halides is 2. The highest BCUT2D eigenvalue weighted by Gasteiger charge is 2.26. The van der Waals surface area contributed by atoms with Crippen molar-refractivity contribution in [1.29, 1.82) is 0 Å². The van der Waals surface area contributed by atoms with Crippen molar-refractivity contribution in [1.82, 2.24) is 29.7 Å². The van der Waals surface area contributed by atoms with Gasteiger partial charge in [-0.2, -0.15) is 13.9 Å². The topological polar surface area (TPSA) is 84.7 Å². The van der Waals surface area contributed by atoms with E-state index in [9.17, 15) is 8.78 Å². The number of pyridine rings is 2. The van der Waals surface area contributed by atoms with Gasteiger partial charge in [0.2, 0.25) is 0 Å². The summed E-state index contributed by atoms with van der Waals surface area (Å²) < 4.78 is 29.3. The lowest BCUT2D eigenvalue weighted by Crippen LogP contribution is -2.30. The average Bonchev–Trinajstić information content (AvgIpc) is 3.25. The number of anilines is 2. The minimum absolute atomic E-state index is 0.311. The molecule has 5 heterocycles. The molecule has 1 fully saturated rings. The molecule has 0 bridgehead atoms. The molecule has 1 N–H and O–H groups in total. The zero-order valence-corrected chi connectivity index (χ0v) is 20.6. The molecule has 0 atom stereocenters. The molecular formula is C26H28F2N8. The molecular weight excluding hydrogens is 462 g/mol. The molecule has 0 aliphatic carbocycles. The van der Waals surface area contributed by atoms with Crippen molar-refractivity contribution in [2.75, 3.05) is 23.3 Å². The third-order valence-corrected chi connectivity index (χ3v) is 6.41. The molecule has 0 unspecified atom stereocenters. The Morgan fingerprint density at radius 2 is 1.86 bits per heavy atom. The number of hydrogen-bond donors (Lipinski definition) is 1. The normalized spacial score (nSPS) is 14.3. The molecule has 4 aromatic rings. The summed E-state index contributed by atoms with van der Waals surface area (Å²) in [6, 6.07) is 4.88. The Morgan fingerprint density at radius 3 is 2.61 bits per heavy atom.